The van der Waals surface area contributed by atoms with Crippen LogP contribution in [0.15, 0.2) is 66.7 Å². The first-order valence-electron chi connectivity index (χ1n) is 10.1. The summed E-state index contributed by atoms with van der Waals surface area (Å²) in [6, 6.07) is 20.2. The van der Waals surface area contributed by atoms with Crippen LogP contribution in [0.5, 0.6) is 11.5 Å². The van der Waals surface area contributed by atoms with Crippen LogP contribution in [-0.2, 0) is 19.6 Å². The molecule has 31 heavy (non-hydrogen) atoms. The van der Waals surface area contributed by atoms with Crippen LogP contribution in [-0.4, -0.2) is 18.1 Å². The van der Waals surface area contributed by atoms with E-state index in [0.717, 1.165) is 24.1 Å². The van der Waals surface area contributed by atoms with Crippen molar-refractivity contribution in [2.75, 3.05) is 13.2 Å². The van der Waals surface area contributed by atoms with Crippen molar-refractivity contribution in [3.05, 3.63) is 98.6 Å². The number of benzene rings is 3. The minimum Gasteiger partial charge on any atom is -0.490 e. The maximum Gasteiger partial charge on any atom is 0.269 e. The van der Waals surface area contributed by atoms with E-state index in [1.165, 1.54) is 17.7 Å². The second kappa shape index (κ2) is 11.3. The lowest BCUT2D eigenvalue weighted by Crippen LogP contribution is -2.17. The standard InChI is InChI=1S/C24H25ClN2O4/c1-2-30-23-14-20(16-26-13-12-18-6-4-3-5-7-18)22(25)15-24(23)31-17-19-8-10-21(11-9-19)27(28)29/h3-11,14-15,26H,2,12-13,16-17H2,1H3. The first-order valence-corrected chi connectivity index (χ1v) is 10.5. The molecule has 3 aromatic carbocycles. The molecular formula is C24H25ClN2O4. The number of non-ortho nitro benzene ring substituents is 1. The largest absolute Gasteiger partial charge is 0.490 e. The fourth-order valence-corrected chi connectivity index (χ4v) is 3.29. The molecule has 0 heterocycles. The Balaban J connectivity index is 1.61. The third kappa shape index (κ3) is 6.70. The molecule has 0 aliphatic rings. The molecule has 0 radical (unpaired) electrons. The van der Waals surface area contributed by atoms with Crippen molar-refractivity contribution in [3.63, 3.8) is 0 Å². The van der Waals surface area contributed by atoms with Gasteiger partial charge in [-0.1, -0.05) is 41.9 Å². The van der Waals surface area contributed by atoms with E-state index in [1.54, 1.807) is 18.2 Å². The Labute approximate surface area is 186 Å². The van der Waals surface area contributed by atoms with Crippen LogP contribution < -0.4 is 14.8 Å². The molecule has 0 amide bonds. The van der Waals surface area contributed by atoms with Gasteiger partial charge in [-0.05, 0) is 54.8 Å². The summed E-state index contributed by atoms with van der Waals surface area (Å²) >= 11 is 6.48. The van der Waals surface area contributed by atoms with Crippen LogP contribution in [0.3, 0.4) is 0 Å². The first kappa shape index (κ1) is 22.6. The van der Waals surface area contributed by atoms with Gasteiger partial charge < -0.3 is 14.8 Å². The molecule has 0 saturated carbocycles. The number of ether oxygens (including phenoxy) is 2. The quantitative estimate of drug-likeness (QED) is 0.240. The lowest BCUT2D eigenvalue weighted by Gasteiger charge is -2.15. The van der Waals surface area contributed by atoms with Gasteiger partial charge >= 0.3 is 0 Å². The van der Waals surface area contributed by atoms with E-state index in [9.17, 15) is 10.1 Å². The van der Waals surface area contributed by atoms with Gasteiger partial charge in [0, 0.05) is 29.8 Å². The monoisotopic (exact) mass is 440 g/mol. The lowest BCUT2D eigenvalue weighted by molar-refractivity contribution is -0.384. The number of rotatable bonds is 11. The van der Waals surface area contributed by atoms with Gasteiger partial charge in [0.05, 0.1) is 11.5 Å². The highest BCUT2D eigenvalue weighted by Crippen LogP contribution is 2.34. The highest BCUT2D eigenvalue weighted by molar-refractivity contribution is 6.31. The lowest BCUT2D eigenvalue weighted by atomic mass is 10.1. The van der Waals surface area contributed by atoms with E-state index in [4.69, 9.17) is 21.1 Å². The summed E-state index contributed by atoms with van der Waals surface area (Å²) < 4.78 is 11.6. The molecule has 0 aliphatic heterocycles. The summed E-state index contributed by atoms with van der Waals surface area (Å²) in [7, 11) is 0. The summed E-state index contributed by atoms with van der Waals surface area (Å²) in [6.45, 7) is 4.11. The summed E-state index contributed by atoms with van der Waals surface area (Å²) in [5, 5.41) is 14.8. The molecule has 0 bridgehead atoms. The number of nitro benzene ring substituents is 1. The van der Waals surface area contributed by atoms with E-state index >= 15 is 0 Å². The van der Waals surface area contributed by atoms with Gasteiger partial charge in [0.15, 0.2) is 11.5 Å². The number of halogens is 1. The van der Waals surface area contributed by atoms with E-state index in [-0.39, 0.29) is 12.3 Å². The van der Waals surface area contributed by atoms with Gasteiger partial charge in [0.2, 0.25) is 0 Å². The van der Waals surface area contributed by atoms with Crippen molar-refractivity contribution in [1.82, 2.24) is 5.32 Å². The molecule has 7 heteroatoms. The van der Waals surface area contributed by atoms with Crippen molar-refractivity contribution >= 4 is 17.3 Å². The zero-order chi connectivity index (χ0) is 22.1. The fourth-order valence-electron chi connectivity index (χ4n) is 3.07. The Hall–Kier alpha value is -3.09. The Morgan fingerprint density at radius 2 is 1.68 bits per heavy atom. The maximum atomic E-state index is 10.8. The normalized spacial score (nSPS) is 10.6. The smallest absolute Gasteiger partial charge is 0.269 e. The van der Waals surface area contributed by atoms with Crippen LogP contribution in [0.4, 0.5) is 5.69 Å². The first-order chi connectivity index (χ1) is 15.1. The molecule has 0 spiro atoms. The fraction of sp³-hybridized carbons (Fsp3) is 0.250. The molecule has 0 saturated heterocycles. The second-order valence-corrected chi connectivity index (χ2v) is 7.36. The van der Waals surface area contributed by atoms with Crippen LogP contribution >= 0.6 is 11.6 Å². The summed E-state index contributed by atoms with van der Waals surface area (Å²) in [5.41, 5.74) is 3.08. The maximum absolute atomic E-state index is 10.8. The molecule has 3 aromatic rings. The minimum absolute atomic E-state index is 0.0471. The van der Waals surface area contributed by atoms with Gasteiger partial charge in [-0.2, -0.15) is 0 Å². The summed E-state index contributed by atoms with van der Waals surface area (Å²) in [4.78, 5) is 10.4. The Morgan fingerprint density at radius 3 is 2.35 bits per heavy atom. The van der Waals surface area contributed by atoms with Crippen molar-refractivity contribution < 1.29 is 14.4 Å². The van der Waals surface area contributed by atoms with Crippen LogP contribution in [0.25, 0.3) is 0 Å². The summed E-state index contributed by atoms with van der Waals surface area (Å²) in [6.07, 6.45) is 0.938. The van der Waals surface area contributed by atoms with Crippen LogP contribution in [0.2, 0.25) is 5.02 Å². The molecule has 0 atom stereocenters. The van der Waals surface area contributed by atoms with Gasteiger partial charge in [-0.3, -0.25) is 10.1 Å². The van der Waals surface area contributed by atoms with Crippen LogP contribution in [0, 0.1) is 10.1 Å². The van der Waals surface area contributed by atoms with Crippen LogP contribution in [0.1, 0.15) is 23.6 Å². The average Bonchev–Trinajstić information content (AvgIpc) is 2.78. The number of nitrogens with one attached hydrogen (secondary N) is 1. The van der Waals surface area contributed by atoms with Crippen molar-refractivity contribution in [2.45, 2.75) is 26.5 Å². The van der Waals surface area contributed by atoms with E-state index in [0.29, 0.717) is 29.7 Å². The van der Waals surface area contributed by atoms with Gasteiger partial charge in [-0.15, -0.1) is 0 Å². The Morgan fingerprint density at radius 1 is 0.968 bits per heavy atom. The van der Waals surface area contributed by atoms with E-state index in [1.807, 2.05) is 31.2 Å². The van der Waals surface area contributed by atoms with Crippen molar-refractivity contribution in [1.29, 1.82) is 0 Å². The number of hydrogen-bond donors (Lipinski definition) is 1. The van der Waals surface area contributed by atoms with Gasteiger partial charge in [0.1, 0.15) is 6.61 Å². The molecule has 0 fully saturated rings. The third-order valence-electron chi connectivity index (χ3n) is 4.70. The minimum atomic E-state index is -0.426. The van der Waals surface area contributed by atoms with Crippen molar-refractivity contribution in [3.8, 4) is 11.5 Å². The second-order valence-electron chi connectivity index (χ2n) is 6.95. The predicted octanol–water partition coefficient (Wildman–Crippen LogP) is 5.56. The highest BCUT2D eigenvalue weighted by Gasteiger charge is 2.12. The summed E-state index contributed by atoms with van der Waals surface area (Å²) in [5.74, 6) is 1.16. The Bertz CT molecular complexity index is 994. The molecule has 6 nitrogen and oxygen atoms in total. The zero-order valence-electron chi connectivity index (χ0n) is 17.3. The number of nitrogens with zero attached hydrogens (tertiary/aromatic N) is 1. The molecule has 1 N–H and O–H groups in total. The molecule has 162 valence electrons. The Kier molecular flexibility index (Phi) is 8.27. The van der Waals surface area contributed by atoms with E-state index < -0.39 is 4.92 Å². The van der Waals surface area contributed by atoms with Gasteiger partial charge in [0.25, 0.3) is 5.69 Å². The molecule has 0 unspecified atom stereocenters. The van der Waals surface area contributed by atoms with Crippen molar-refractivity contribution in [2.24, 2.45) is 0 Å². The molecule has 0 aromatic heterocycles. The molecular weight excluding hydrogens is 416 g/mol. The molecule has 3 rings (SSSR count). The predicted molar refractivity (Wildman–Crippen MR) is 122 cm³/mol. The SMILES string of the molecule is CCOc1cc(CNCCc2ccccc2)c(Cl)cc1OCc1ccc([N+](=O)[O-])cc1. The van der Waals surface area contributed by atoms with Gasteiger partial charge in [-0.25, -0.2) is 0 Å². The number of hydrogen-bond acceptors (Lipinski definition) is 5. The average molecular weight is 441 g/mol. The number of nitro groups is 1. The topological polar surface area (TPSA) is 73.6 Å². The third-order valence-corrected chi connectivity index (χ3v) is 5.05. The molecule has 0 aliphatic carbocycles. The van der Waals surface area contributed by atoms with E-state index in [2.05, 4.69) is 17.4 Å². The zero-order valence-corrected chi connectivity index (χ0v) is 18.1. The highest BCUT2D eigenvalue weighted by atomic mass is 35.5.